The van der Waals surface area contributed by atoms with Crippen LogP contribution in [-0.2, 0) is 6.42 Å². The molecule has 132 valence electrons. The number of hydrogen-bond donors (Lipinski definition) is 1. The van der Waals surface area contributed by atoms with Crippen LogP contribution in [0.3, 0.4) is 0 Å². The summed E-state index contributed by atoms with van der Waals surface area (Å²) in [6.07, 6.45) is 0.632. The van der Waals surface area contributed by atoms with Crippen molar-refractivity contribution in [2.24, 2.45) is 10.2 Å². The lowest BCUT2D eigenvalue weighted by atomic mass is 9.94. The molecule has 1 N–H and O–H groups in total. The van der Waals surface area contributed by atoms with E-state index in [0.29, 0.717) is 30.2 Å². The molecule has 0 saturated carbocycles. The number of benzene rings is 2. The van der Waals surface area contributed by atoms with Crippen LogP contribution in [0.1, 0.15) is 16.7 Å². The fraction of sp³-hybridized carbons (Fsp3) is 0.222. The van der Waals surface area contributed by atoms with Gasteiger partial charge in [-0.15, -0.1) is 5.10 Å². The normalized spacial score (nSPS) is 15.0. The van der Waals surface area contributed by atoms with E-state index in [1.165, 1.54) is 12.1 Å². The largest absolute Gasteiger partial charge is 0.454 e. The van der Waals surface area contributed by atoms with E-state index in [1.54, 1.807) is 12.1 Å². The first-order valence-corrected chi connectivity index (χ1v) is 8.11. The third kappa shape index (κ3) is 2.91. The molecule has 0 radical (unpaired) electrons. The summed E-state index contributed by atoms with van der Waals surface area (Å²) in [6.45, 7) is 0.810. The molecule has 0 saturated heterocycles. The summed E-state index contributed by atoms with van der Waals surface area (Å²) in [6, 6.07) is 10.2. The van der Waals surface area contributed by atoms with E-state index in [9.17, 15) is 10.1 Å². The zero-order valence-corrected chi connectivity index (χ0v) is 14.1. The molecule has 0 aromatic heterocycles. The maximum Gasteiger partial charge on any atom is 0.269 e. The molecule has 4 rings (SSSR count). The summed E-state index contributed by atoms with van der Waals surface area (Å²) in [5, 5.41) is 22.8. The van der Waals surface area contributed by atoms with E-state index in [1.807, 2.05) is 19.2 Å². The van der Waals surface area contributed by atoms with Gasteiger partial charge in [0.05, 0.1) is 10.6 Å². The summed E-state index contributed by atoms with van der Waals surface area (Å²) < 4.78 is 11.0. The molecule has 0 amide bonds. The topological polar surface area (TPSA) is 98.4 Å². The first-order chi connectivity index (χ1) is 12.7. The molecule has 8 nitrogen and oxygen atoms in total. The molecule has 0 aliphatic carbocycles. The fourth-order valence-electron chi connectivity index (χ4n) is 3.04. The van der Waals surface area contributed by atoms with Crippen LogP contribution in [0.2, 0.25) is 0 Å². The van der Waals surface area contributed by atoms with Crippen LogP contribution in [0.25, 0.3) is 0 Å². The van der Waals surface area contributed by atoms with Crippen molar-refractivity contribution in [2.45, 2.75) is 6.42 Å². The Labute approximate surface area is 149 Å². The number of fused-ring (bicyclic) bond motifs is 2. The minimum Gasteiger partial charge on any atom is -0.454 e. The molecule has 2 aromatic carbocycles. The Morgan fingerprint density at radius 3 is 2.58 bits per heavy atom. The van der Waals surface area contributed by atoms with Gasteiger partial charge in [-0.25, -0.2) is 0 Å². The van der Waals surface area contributed by atoms with Crippen LogP contribution in [-0.4, -0.2) is 36.7 Å². The highest BCUT2D eigenvalue weighted by Crippen LogP contribution is 2.36. The van der Waals surface area contributed by atoms with E-state index in [-0.39, 0.29) is 12.5 Å². The second-order valence-electron chi connectivity index (χ2n) is 5.99. The summed E-state index contributed by atoms with van der Waals surface area (Å²) in [7, 11) is 1.86. The van der Waals surface area contributed by atoms with Gasteiger partial charge in [-0.05, 0) is 36.9 Å². The second kappa shape index (κ2) is 6.57. The van der Waals surface area contributed by atoms with Gasteiger partial charge < -0.3 is 14.8 Å². The maximum absolute atomic E-state index is 10.9. The van der Waals surface area contributed by atoms with Crippen LogP contribution < -0.4 is 14.8 Å². The molecular weight excluding hydrogens is 336 g/mol. The van der Waals surface area contributed by atoms with Crippen molar-refractivity contribution < 1.29 is 14.4 Å². The molecule has 0 spiro atoms. The van der Waals surface area contributed by atoms with Crippen molar-refractivity contribution >= 4 is 17.1 Å². The van der Waals surface area contributed by atoms with Crippen molar-refractivity contribution in [3.8, 4) is 11.5 Å². The summed E-state index contributed by atoms with van der Waals surface area (Å²) in [5.74, 6) is 1.37. The van der Waals surface area contributed by atoms with E-state index in [2.05, 4.69) is 15.5 Å². The number of nitro benzene ring substituents is 1. The molecular formula is C18H16N4O4. The quantitative estimate of drug-likeness (QED) is 0.672. The Morgan fingerprint density at radius 2 is 1.88 bits per heavy atom. The predicted octanol–water partition coefficient (Wildman–Crippen LogP) is 2.29. The molecule has 2 aliphatic heterocycles. The average Bonchev–Trinajstić information content (AvgIpc) is 3.02. The van der Waals surface area contributed by atoms with Crippen molar-refractivity contribution in [3.05, 3.63) is 63.2 Å². The minimum absolute atomic E-state index is 0.0354. The smallest absolute Gasteiger partial charge is 0.269 e. The summed E-state index contributed by atoms with van der Waals surface area (Å²) in [5.41, 5.74) is 4.25. The number of nitrogens with zero attached hydrogens (tertiary/aromatic N) is 3. The van der Waals surface area contributed by atoms with Gasteiger partial charge in [0.2, 0.25) is 6.79 Å². The first kappa shape index (κ1) is 16.2. The lowest BCUT2D eigenvalue weighted by molar-refractivity contribution is -0.384. The van der Waals surface area contributed by atoms with E-state index in [0.717, 1.165) is 22.4 Å². The monoisotopic (exact) mass is 352 g/mol. The van der Waals surface area contributed by atoms with Gasteiger partial charge >= 0.3 is 0 Å². The predicted molar refractivity (Wildman–Crippen MR) is 96.4 cm³/mol. The summed E-state index contributed by atoms with van der Waals surface area (Å²) in [4.78, 5) is 10.5. The van der Waals surface area contributed by atoms with E-state index >= 15 is 0 Å². The zero-order chi connectivity index (χ0) is 18.1. The fourth-order valence-corrected chi connectivity index (χ4v) is 3.04. The zero-order valence-electron chi connectivity index (χ0n) is 14.1. The highest BCUT2D eigenvalue weighted by Gasteiger charge is 2.23. The molecule has 0 bridgehead atoms. The Hall–Kier alpha value is -3.26. The number of nitrogens with one attached hydrogen (secondary N) is 1. The Morgan fingerprint density at radius 1 is 1.15 bits per heavy atom. The van der Waals surface area contributed by atoms with E-state index < -0.39 is 4.92 Å². The minimum atomic E-state index is -0.423. The Balaban J connectivity index is 1.83. The summed E-state index contributed by atoms with van der Waals surface area (Å²) >= 11 is 0. The van der Waals surface area contributed by atoms with Crippen molar-refractivity contribution in [1.82, 2.24) is 5.32 Å². The molecule has 0 fully saturated rings. The number of rotatable bonds is 4. The van der Waals surface area contributed by atoms with Gasteiger partial charge in [-0.1, -0.05) is 0 Å². The lowest BCUT2D eigenvalue weighted by Gasteiger charge is -2.11. The van der Waals surface area contributed by atoms with Gasteiger partial charge in [-0.3, -0.25) is 10.1 Å². The Kier molecular flexibility index (Phi) is 4.10. The van der Waals surface area contributed by atoms with Crippen molar-refractivity contribution in [3.63, 3.8) is 0 Å². The van der Waals surface area contributed by atoms with Crippen LogP contribution in [0.5, 0.6) is 11.5 Å². The molecule has 2 aliphatic rings. The van der Waals surface area contributed by atoms with Gasteiger partial charge in [0.25, 0.3) is 5.69 Å². The number of ether oxygens (including phenoxy) is 2. The molecule has 0 unspecified atom stereocenters. The van der Waals surface area contributed by atoms with E-state index in [4.69, 9.17) is 9.47 Å². The second-order valence-corrected chi connectivity index (χ2v) is 5.99. The van der Waals surface area contributed by atoms with Crippen molar-refractivity contribution in [2.75, 3.05) is 20.4 Å². The van der Waals surface area contributed by atoms with Gasteiger partial charge in [0.15, 0.2) is 11.5 Å². The maximum atomic E-state index is 10.9. The standard InChI is InChI=1S/C18H16N4O4/c1-19-9-13-6-12-7-16-17(26-10-25-16)8-15(12)18(21-20-13)11-2-4-14(5-3-11)22(23)24/h2-5,7-8,19H,6,9-10H2,1H3. The van der Waals surface area contributed by atoms with Gasteiger partial charge in [-0.2, -0.15) is 5.10 Å². The van der Waals surface area contributed by atoms with Crippen LogP contribution >= 0.6 is 0 Å². The van der Waals surface area contributed by atoms with Crippen LogP contribution in [0.15, 0.2) is 46.6 Å². The van der Waals surface area contributed by atoms with Crippen molar-refractivity contribution in [1.29, 1.82) is 0 Å². The third-order valence-electron chi connectivity index (χ3n) is 4.27. The number of hydrogen-bond acceptors (Lipinski definition) is 7. The average molecular weight is 352 g/mol. The number of nitro groups is 1. The Bertz CT molecular complexity index is 935. The molecule has 0 atom stereocenters. The van der Waals surface area contributed by atoms with Gasteiger partial charge in [0.1, 0.15) is 5.71 Å². The third-order valence-corrected chi connectivity index (χ3v) is 4.27. The first-order valence-electron chi connectivity index (χ1n) is 8.11. The number of non-ortho nitro benzene ring substituents is 1. The SMILES string of the molecule is CNCC1=NN=C(c2ccc([N+](=O)[O-])cc2)c2cc3c(cc2C1)OCO3. The van der Waals surface area contributed by atoms with Gasteiger partial charge in [0, 0.05) is 36.2 Å². The highest BCUT2D eigenvalue weighted by atomic mass is 16.7. The molecule has 2 heterocycles. The van der Waals surface area contributed by atoms with Crippen LogP contribution in [0, 0.1) is 10.1 Å². The molecule has 8 heteroatoms. The highest BCUT2D eigenvalue weighted by molar-refractivity contribution is 6.15. The molecule has 2 aromatic rings. The lowest BCUT2D eigenvalue weighted by Crippen LogP contribution is -2.20. The van der Waals surface area contributed by atoms with Crippen LogP contribution in [0.4, 0.5) is 5.69 Å². The molecule has 26 heavy (non-hydrogen) atoms.